The van der Waals surface area contributed by atoms with Crippen LogP contribution >= 0.6 is 11.3 Å². The number of amides is 1. The number of carbonyl (C=O) groups is 1. The van der Waals surface area contributed by atoms with Gasteiger partial charge in [0.2, 0.25) is 5.91 Å². The molecule has 0 aliphatic rings. The molecule has 16 heavy (non-hydrogen) atoms. The van der Waals surface area contributed by atoms with Crippen LogP contribution in [0.3, 0.4) is 0 Å². The fourth-order valence-corrected chi connectivity index (χ4v) is 1.67. The first-order valence-electron chi connectivity index (χ1n) is 4.81. The molecule has 0 saturated heterocycles. The number of thiophene rings is 1. The van der Waals surface area contributed by atoms with Gasteiger partial charge in [0.15, 0.2) is 6.29 Å². The van der Waals surface area contributed by atoms with Crippen molar-refractivity contribution in [2.45, 2.75) is 6.29 Å². The van der Waals surface area contributed by atoms with E-state index in [1.54, 1.807) is 17.4 Å². The van der Waals surface area contributed by atoms with Crippen LogP contribution in [0, 0.1) is 0 Å². The molecule has 0 atom stereocenters. The molecule has 1 aromatic heterocycles. The van der Waals surface area contributed by atoms with E-state index in [-0.39, 0.29) is 5.91 Å². The SMILES string of the molecule is COC(CNC(=O)/C=C/c1cccs1)OC. The van der Waals surface area contributed by atoms with E-state index in [0.29, 0.717) is 6.54 Å². The van der Waals surface area contributed by atoms with Crippen LogP contribution in [-0.4, -0.2) is 33.0 Å². The number of carbonyl (C=O) groups excluding carboxylic acids is 1. The van der Waals surface area contributed by atoms with Gasteiger partial charge in [-0.2, -0.15) is 0 Å². The molecule has 0 aliphatic carbocycles. The average molecular weight is 241 g/mol. The molecule has 4 nitrogen and oxygen atoms in total. The molecule has 1 N–H and O–H groups in total. The zero-order valence-electron chi connectivity index (χ0n) is 9.30. The van der Waals surface area contributed by atoms with E-state index in [1.165, 1.54) is 20.3 Å². The van der Waals surface area contributed by atoms with E-state index >= 15 is 0 Å². The first-order chi connectivity index (χ1) is 7.76. The van der Waals surface area contributed by atoms with Gasteiger partial charge in [0, 0.05) is 25.2 Å². The normalized spacial score (nSPS) is 11.2. The number of hydrogen-bond donors (Lipinski definition) is 1. The average Bonchev–Trinajstić information content (AvgIpc) is 2.80. The van der Waals surface area contributed by atoms with Gasteiger partial charge in [-0.25, -0.2) is 0 Å². The van der Waals surface area contributed by atoms with Crippen molar-refractivity contribution in [3.05, 3.63) is 28.5 Å². The van der Waals surface area contributed by atoms with Crippen LogP contribution in [0.25, 0.3) is 6.08 Å². The molecule has 1 aromatic rings. The molecule has 1 heterocycles. The highest BCUT2D eigenvalue weighted by Crippen LogP contribution is 2.09. The molecule has 0 spiro atoms. The Bertz CT molecular complexity index is 331. The van der Waals surface area contributed by atoms with Crippen LogP contribution in [0.1, 0.15) is 4.88 Å². The van der Waals surface area contributed by atoms with E-state index in [2.05, 4.69) is 5.32 Å². The number of ether oxygens (including phenoxy) is 2. The van der Waals surface area contributed by atoms with Gasteiger partial charge < -0.3 is 14.8 Å². The first-order valence-corrected chi connectivity index (χ1v) is 5.69. The van der Waals surface area contributed by atoms with Gasteiger partial charge in [0.05, 0.1) is 6.54 Å². The van der Waals surface area contributed by atoms with Crippen LogP contribution in [0.5, 0.6) is 0 Å². The lowest BCUT2D eigenvalue weighted by molar-refractivity contribution is -0.123. The Kier molecular flexibility index (Phi) is 5.77. The van der Waals surface area contributed by atoms with Crippen LogP contribution in [0.15, 0.2) is 23.6 Å². The first kappa shape index (κ1) is 12.9. The minimum atomic E-state index is -0.404. The number of hydrogen-bond acceptors (Lipinski definition) is 4. The van der Waals surface area contributed by atoms with Gasteiger partial charge in [-0.05, 0) is 17.5 Å². The summed E-state index contributed by atoms with van der Waals surface area (Å²) >= 11 is 1.58. The Balaban J connectivity index is 2.31. The summed E-state index contributed by atoms with van der Waals surface area (Å²) in [6.45, 7) is 0.334. The summed E-state index contributed by atoms with van der Waals surface area (Å²) in [6.07, 6.45) is 2.86. The van der Waals surface area contributed by atoms with E-state index < -0.39 is 6.29 Å². The predicted molar refractivity (Wildman–Crippen MR) is 64.2 cm³/mol. The van der Waals surface area contributed by atoms with Crippen molar-refractivity contribution >= 4 is 23.3 Å². The van der Waals surface area contributed by atoms with Crippen molar-refractivity contribution in [3.8, 4) is 0 Å². The third-order valence-electron chi connectivity index (χ3n) is 1.91. The fourth-order valence-electron chi connectivity index (χ4n) is 1.05. The quantitative estimate of drug-likeness (QED) is 0.606. The summed E-state index contributed by atoms with van der Waals surface area (Å²) in [5.74, 6) is -0.160. The molecule has 0 aromatic carbocycles. The number of rotatable bonds is 6. The standard InChI is InChI=1S/C11H15NO3S/c1-14-11(15-2)8-12-10(13)6-5-9-4-3-7-16-9/h3-7,11H,8H2,1-2H3,(H,12,13)/b6-5+. The van der Waals surface area contributed by atoms with Crippen molar-refractivity contribution in [2.24, 2.45) is 0 Å². The third kappa shape index (κ3) is 4.57. The van der Waals surface area contributed by atoms with Crippen LogP contribution in [0.4, 0.5) is 0 Å². The third-order valence-corrected chi connectivity index (χ3v) is 2.75. The highest BCUT2D eigenvalue weighted by Gasteiger charge is 2.05. The Morgan fingerprint density at radius 3 is 2.88 bits per heavy atom. The molecule has 0 aliphatic heterocycles. The second-order valence-corrected chi connectivity index (χ2v) is 3.97. The maximum atomic E-state index is 11.4. The van der Waals surface area contributed by atoms with E-state index in [0.717, 1.165) is 4.88 Å². The molecular formula is C11H15NO3S. The minimum absolute atomic E-state index is 0.160. The lowest BCUT2D eigenvalue weighted by Gasteiger charge is -2.12. The second kappa shape index (κ2) is 7.16. The molecule has 1 rings (SSSR count). The molecule has 0 saturated carbocycles. The molecule has 0 bridgehead atoms. The Labute approximate surface area is 98.9 Å². The minimum Gasteiger partial charge on any atom is -0.354 e. The Morgan fingerprint density at radius 2 is 2.31 bits per heavy atom. The maximum absolute atomic E-state index is 11.4. The summed E-state index contributed by atoms with van der Waals surface area (Å²) in [4.78, 5) is 12.4. The van der Waals surface area contributed by atoms with Gasteiger partial charge in [-0.3, -0.25) is 4.79 Å². The summed E-state index contributed by atoms with van der Waals surface area (Å²) < 4.78 is 9.88. The van der Waals surface area contributed by atoms with E-state index in [9.17, 15) is 4.79 Å². The van der Waals surface area contributed by atoms with Crippen molar-refractivity contribution < 1.29 is 14.3 Å². The van der Waals surface area contributed by atoms with E-state index in [1.807, 2.05) is 17.5 Å². The van der Waals surface area contributed by atoms with Gasteiger partial charge in [-0.15, -0.1) is 11.3 Å². The predicted octanol–water partition coefficient (Wildman–Crippen LogP) is 1.50. The smallest absolute Gasteiger partial charge is 0.244 e. The lowest BCUT2D eigenvalue weighted by atomic mass is 10.4. The monoisotopic (exact) mass is 241 g/mol. The lowest BCUT2D eigenvalue weighted by Crippen LogP contribution is -2.33. The van der Waals surface area contributed by atoms with Crippen molar-refractivity contribution in [1.29, 1.82) is 0 Å². The summed E-state index contributed by atoms with van der Waals surface area (Å²) in [5.41, 5.74) is 0. The Hall–Kier alpha value is -1.17. The van der Waals surface area contributed by atoms with Crippen LogP contribution < -0.4 is 5.32 Å². The number of nitrogens with one attached hydrogen (secondary N) is 1. The highest BCUT2D eigenvalue weighted by atomic mass is 32.1. The molecular weight excluding hydrogens is 226 g/mol. The Morgan fingerprint density at radius 1 is 1.56 bits per heavy atom. The zero-order valence-corrected chi connectivity index (χ0v) is 10.1. The highest BCUT2D eigenvalue weighted by molar-refractivity contribution is 7.10. The van der Waals surface area contributed by atoms with Gasteiger partial charge >= 0.3 is 0 Å². The topological polar surface area (TPSA) is 47.6 Å². The van der Waals surface area contributed by atoms with Gasteiger partial charge in [0.25, 0.3) is 0 Å². The molecule has 0 unspecified atom stereocenters. The molecule has 1 amide bonds. The van der Waals surface area contributed by atoms with Gasteiger partial charge in [-0.1, -0.05) is 6.07 Å². The van der Waals surface area contributed by atoms with Gasteiger partial charge in [0.1, 0.15) is 0 Å². The molecule has 5 heteroatoms. The van der Waals surface area contributed by atoms with Crippen molar-refractivity contribution in [3.63, 3.8) is 0 Å². The van der Waals surface area contributed by atoms with Crippen LogP contribution in [-0.2, 0) is 14.3 Å². The van der Waals surface area contributed by atoms with Crippen molar-refractivity contribution in [1.82, 2.24) is 5.32 Å². The van der Waals surface area contributed by atoms with E-state index in [4.69, 9.17) is 9.47 Å². The molecule has 0 radical (unpaired) electrons. The largest absolute Gasteiger partial charge is 0.354 e. The molecule has 88 valence electrons. The summed E-state index contributed by atoms with van der Waals surface area (Å²) in [5, 5.41) is 4.64. The summed E-state index contributed by atoms with van der Waals surface area (Å²) in [7, 11) is 3.06. The number of methoxy groups -OCH3 is 2. The second-order valence-electron chi connectivity index (χ2n) is 2.99. The zero-order chi connectivity index (χ0) is 11.8. The fraction of sp³-hybridized carbons (Fsp3) is 0.364. The van der Waals surface area contributed by atoms with Crippen molar-refractivity contribution in [2.75, 3.05) is 20.8 Å². The maximum Gasteiger partial charge on any atom is 0.244 e. The summed E-state index contributed by atoms with van der Waals surface area (Å²) in [6, 6.07) is 3.88. The van der Waals surface area contributed by atoms with Crippen LogP contribution in [0.2, 0.25) is 0 Å². The molecule has 0 fully saturated rings.